The number of carbonyl (C=O) groups is 1. The Bertz CT molecular complexity index is 371. The second kappa shape index (κ2) is 7.69. The van der Waals surface area contributed by atoms with Crippen molar-refractivity contribution in [2.45, 2.75) is 25.9 Å². The molecule has 0 fully saturated rings. The van der Waals surface area contributed by atoms with Gasteiger partial charge in [0, 0.05) is 30.5 Å². The number of hydrogen-bond acceptors (Lipinski definition) is 2. The highest BCUT2D eigenvalue weighted by Gasteiger charge is 2.11. The highest BCUT2D eigenvalue weighted by molar-refractivity contribution is 9.10. The van der Waals surface area contributed by atoms with Crippen LogP contribution in [0.15, 0.2) is 28.7 Å². The Labute approximate surface area is 117 Å². The molecule has 1 aromatic rings. The number of rotatable bonds is 4. The minimum atomic E-state index is -0.0857. The lowest BCUT2D eigenvalue weighted by Gasteiger charge is -2.18. The lowest BCUT2D eigenvalue weighted by atomic mass is 10.2. The number of carbonyl (C=O) groups excluding carboxylic acids is 1. The number of benzene rings is 1. The molecule has 1 amide bonds. The van der Waals surface area contributed by atoms with E-state index in [1.165, 1.54) is 0 Å². The van der Waals surface area contributed by atoms with Crippen molar-refractivity contribution >= 4 is 34.2 Å². The Hall–Kier alpha value is -0.580. The summed E-state index contributed by atoms with van der Waals surface area (Å²) in [7, 11) is 1.80. The van der Waals surface area contributed by atoms with Gasteiger partial charge in [-0.15, -0.1) is 12.4 Å². The van der Waals surface area contributed by atoms with Crippen molar-refractivity contribution in [1.82, 2.24) is 4.90 Å². The molecule has 1 rings (SSSR count). The van der Waals surface area contributed by atoms with Gasteiger partial charge in [0.25, 0.3) is 0 Å². The zero-order chi connectivity index (χ0) is 12.1. The van der Waals surface area contributed by atoms with Gasteiger partial charge < -0.3 is 10.6 Å². The summed E-state index contributed by atoms with van der Waals surface area (Å²) < 4.78 is 1.03. The third-order valence-corrected chi connectivity index (χ3v) is 2.72. The maximum absolute atomic E-state index is 11.7. The lowest BCUT2D eigenvalue weighted by molar-refractivity contribution is -0.130. The molecule has 2 N–H and O–H groups in total. The van der Waals surface area contributed by atoms with Gasteiger partial charge in [-0.2, -0.15) is 0 Å². The van der Waals surface area contributed by atoms with Crippen molar-refractivity contribution in [3.8, 4) is 0 Å². The third-order valence-electron chi connectivity index (χ3n) is 2.23. The van der Waals surface area contributed by atoms with E-state index < -0.39 is 0 Å². The molecule has 1 aromatic carbocycles. The van der Waals surface area contributed by atoms with Gasteiger partial charge in [0.15, 0.2) is 0 Å². The van der Waals surface area contributed by atoms with Crippen molar-refractivity contribution < 1.29 is 4.79 Å². The number of halogens is 2. The fraction of sp³-hybridized carbons (Fsp3) is 0.417. The van der Waals surface area contributed by atoms with Gasteiger partial charge in [-0.25, -0.2) is 0 Å². The molecule has 17 heavy (non-hydrogen) atoms. The van der Waals surface area contributed by atoms with Crippen molar-refractivity contribution in [2.75, 3.05) is 7.05 Å². The SMILES string of the molecule is CC(N)CC(=O)N(C)Cc1cccc(Br)c1.Cl. The van der Waals surface area contributed by atoms with Crippen LogP contribution < -0.4 is 5.73 Å². The minimum absolute atomic E-state index is 0. The van der Waals surface area contributed by atoms with Gasteiger partial charge in [0.2, 0.25) is 5.91 Å². The molecule has 0 aliphatic heterocycles. The van der Waals surface area contributed by atoms with Crippen LogP contribution in [0.2, 0.25) is 0 Å². The van der Waals surface area contributed by atoms with Crippen LogP contribution in [0.5, 0.6) is 0 Å². The summed E-state index contributed by atoms with van der Waals surface area (Å²) in [5.41, 5.74) is 6.70. The van der Waals surface area contributed by atoms with E-state index in [2.05, 4.69) is 15.9 Å². The van der Waals surface area contributed by atoms with E-state index in [1.807, 2.05) is 31.2 Å². The highest BCUT2D eigenvalue weighted by atomic mass is 79.9. The van der Waals surface area contributed by atoms with E-state index in [-0.39, 0.29) is 24.4 Å². The molecule has 3 nitrogen and oxygen atoms in total. The zero-order valence-electron chi connectivity index (χ0n) is 10.0. The molecule has 0 aliphatic carbocycles. The standard InChI is InChI=1S/C12H17BrN2O.ClH/c1-9(14)6-12(16)15(2)8-10-4-3-5-11(13)7-10;/h3-5,7,9H,6,8,14H2,1-2H3;1H. The van der Waals surface area contributed by atoms with E-state index in [4.69, 9.17) is 5.73 Å². The fourth-order valence-electron chi connectivity index (χ4n) is 1.43. The van der Waals surface area contributed by atoms with Gasteiger partial charge in [-0.1, -0.05) is 28.1 Å². The fourth-order valence-corrected chi connectivity index (χ4v) is 1.88. The van der Waals surface area contributed by atoms with E-state index in [1.54, 1.807) is 11.9 Å². The molecule has 1 unspecified atom stereocenters. The topological polar surface area (TPSA) is 46.3 Å². The maximum atomic E-state index is 11.7. The molecule has 1 atom stereocenters. The molecule has 96 valence electrons. The summed E-state index contributed by atoms with van der Waals surface area (Å²) in [5.74, 6) is 0.0787. The largest absolute Gasteiger partial charge is 0.341 e. The summed E-state index contributed by atoms with van der Waals surface area (Å²) in [4.78, 5) is 13.4. The van der Waals surface area contributed by atoms with Gasteiger partial charge >= 0.3 is 0 Å². The highest BCUT2D eigenvalue weighted by Crippen LogP contribution is 2.13. The predicted molar refractivity (Wildman–Crippen MR) is 76.1 cm³/mol. The molecular weight excluding hydrogens is 304 g/mol. The first-order chi connectivity index (χ1) is 7.49. The first kappa shape index (κ1) is 16.4. The Morgan fingerprint density at radius 3 is 2.71 bits per heavy atom. The van der Waals surface area contributed by atoms with Crippen LogP contribution >= 0.6 is 28.3 Å². The normalized spacial score (nSPS) is 11.5. The molecule has 0 aliphatic rings. The van der Waals surface area contributed by atoms with Crippen LogP contribution in [0.4, 0.5) is 0 Å². The summed E-state index contributed by atoms with van der Waals surface area (Å²) in [5, 5.41) is 0. The summed E-state index contributed by atoms with van der Waals surface area (Å²) >= 11 is 3.41. The predicted octanol–water partition coefficient (Wildman–Crippen LogP) is 2.57. The number of nitrogens with zero attached hydrogens (tertiary/aromatic N) is 1. The average Bonchev–Trinajstić information content (AvgIpc) is 2.16. The molecule has 0 heterocycles. The molecule has 0 aromatic heterocycles. The Morgan fingerprint density at radius 2 is 2.18 bits per heavy atom. The summed E-state index contributed by atoms with van der Waals surface area (Å²) in [6.45, 7) is 2.45. The molecule has 0 saturated heterocycles. The molecule has 0 spiro atoms. The second-order valence-corrected chi connectivity index (χ2v) is 4.98. The average molecular weight is 322 g/mol. The minimum Gasteiger partial charge on any atom is -0.341 e. The van der Waals surface area contributed by atoms with Crippen LogP contribution in [-0.4, -0.2) is 23.9 Å². The van der Waals surface area contributed by atoms with Crippen molar-refractivity contribution in [2.24, 2.45) is 5.73 Å². The van der Waals surface area contributed by atoms with Crippen LogP contribution in [-0.2, 0) is 11.3 Å². The molecule has 0 radical (unpaired) electrons. The quantitative estimate of drug-likeness (QED) is 0.926. The van der Waals surface area contributed by atoms with Crippen LogP contribution in [0, 0.1) is 0 Å². The maximum Gasteiger partial charge on any atom is 0.224 e. The van der Waals surface area contributed by atoms with E-state index in [0.29, 0.717) is 13.0 Å². The first-order valence-electron chi connectivity index (χ1n) is 5.23. The van der Waals surface area contributed by atoms with Crippen LogP contribution in [0.3, 0.4) is 0 Å². The van der Waals surface area contributed by atoms with E-state index in [9.17, 15) is 4.79 Å². The zero-order valence-corrected chi connectivity index (χ0v) is 12.4. The Kier molecular flexibility index (Phi) is 7.43. The van der Waals surface area contributed by atoms with Gasteiger partial charge in [-0.05, 0) is 24.6 Å². The molecular formula is C12H18BrClN2O. The van der Waals surface area contributed by atoms with Crippen LogP contribution in [0.25, 0.3) is 0 Å². The van der Waals surface area contributed by atoms with Crippen molar-refractivity contribution in [3.05, 3.63) is 34.3 Å². The van der Waals surface area contributed by atoms with E-state index in [0.717, 1.165) is 10.0 Å². The monoisotopic (exact) mass is 320 g/mol. The van der Waals surface area contributed by atoms with Crippen LogP contribution in [0.1, 0.15) is 18.9 Å². The summed E-state index contributed by atoms with van der Waals surface area (Å²) in [6, 6.07) is 7.85. The van der Waals surface area contributed by atoms with Crippen molar-refractivity contribution in [3.63, 3.8) is 0 Å². The number of hydrogen-bond donors (Lipinski definition) is 1. The second-order valence-electron chi connectivity index (χ2n) is 4.06. The third kappa shape index (κ3) is 6.05. The lowest BCUT2D eigenvalue weighted by Crippen LogP contribution is -2.31. The number of nitrogens with two attached hydrogens (primary N) is 1. The Balaban J connectivity index is 0.00000256. The smallest absolute Gasteiger partial charge is 0.224 e. The molecule has 0 bridgehead atoms. The van der Waals surface area contributed by atoms with Gasteiger partial charge in [0.05, 0.1) is 0 Å². The Morgan fingerprint density at radius 1 is 1.53 bits per heavy atom. The van der Waals surface area contributed by atoms with Gasteiger partial charge in [-0.3, -0.25) is 4.79 Å². The first-order valence-corrected chi connectivity index (χ1v) is 6.02. The van der Waals surface area contributed by atoms with E-state index >= 15 is 0 Å². The summed E-state index contributed by atoms with van der Waals surface area (Å²) in [6.07, 6.45) is 0.393. The van der Waals surface area contributed by atoms with Crippen molar-refractivity contribution in [1.29, 1.82) is 0 Å². The molecule has 5 heteroatoms. The molecule has 0 saturated carbocycles. The van der Waals surface area contributed by atoms with Gasteiger partial charge in [0.1, 0.15) is 0 Å². The number of amides is 1.